The number of hydrogen-bond donors (Lipinski definition) is 1. The molecule has 2 aliphatic rings. The van der Waals surface area contributed by atoms with Crippen LogP contribution < -0.4 is 5.32 Å². The quantitative estimate of drug-likeness (QED) is 0.806. The van der Waals surface area contributed by atoms with Crippen molar-refractivity contribution < 1.29 is 0 Å². The van der Waals surface area contributed by atoms with Crippen LogP contribution in [0.3, 0.4) is 0 Å². The van der Waals surface area contributed by atoms with Crippen molar-refractivity contribution in [3.8, 4) is 0 Å². The van der Waals surface area contributed by atoms with Crippen molar-refractivity contribution in [1.29, 1.82) is 0 Å². The normalized spacial score (nSPS) is 26.3. The lowest BCUT2D eigenvalue weighted by Gasteiger charge is -2.44. The van der Waals surface area contributed by atoms with Gasteiger partial charge in [0.15, 0.2) is 0 Å². The Bertz CT molecular complexity index is 223. The SMILES string of the molecule is CCCNC(C)CN1CCC2(CCCCC2)CC1. The third-order valence-electron chi connectivity index (χ3n) is 5.11. The van der Waals surface area contributed by atoms with Gasteiger partial charge in [-0.2, -0.15) is 0 Å². The molecule has 1 heterocycles. The van der Waals surface area contributed by atoms with Gasteiger partial charge in [0.25, 0.3) is 0 Å². The highest BCUT2D eigenvalue weighted by Crippen LogP contribution is 2.44. The van der Waals surface area contributed by atoms with E-state index in [2.05, 4.69) is 24.1 Å². The topological polar surface area (TPSA) is 15.3 Å². The summed E-state index contributed by atoms with van der Waals surface area (Å²) in [4.78, 5) is 2.69. The lowest BCUT2D eigenvalue weighted by atomic mass is 9.68. The Morgan fingerprint density at radius 3 is 2.33 bits per heavy atom. The number of nitrogens with zero attached hydrogens (tertiary/aromatic N) is 1. The molecule has 0 radical (unpaired) electrons. The van der Waals surface area contributed by atoms with E-state index >= 15 is 0 Å². The number of rotatable bonds is 5. The molecule has 1 spiro atoms. The zero-order valence-electron chi connectivity index (χ0n) is 12.5. The molecule has 1 unspecified atom stereocenters. The molecule has 0 amide bonds. The first-order valence-corrected chi connectivity index (χ1v) is 8.20. The van der Waals surface area contributed by atoms with Gasteiger partial charge in [-0.3, -0.25) is 0 Å². The van der Waals surface area contributed by atoms with Crippen LogP contribution in [0.5, 0.6) is 0 Å². The predicted octanol–water partition coefficient (Wildman–Crippen LogP) is 3.42. The van der Waals surface area contributed by atoms with Gasteiger partial charge < -0.3 is 10.2 Å². The molecular weight excluding hydrogens is 220 g/mol. The van der Waals surface area contributed by atoms with Gasteiger partial charge in [-0.25, -0.2) is 0 Å². The van der Waals surface area contributed by atoms with Crippen LogP contribution in [-0.2, 0) is 0 Å². The summed E-state index contributed by atoms with van der Waals surface area (Å²) in [6, 6.07) is 0.658. The maximum absolute atomic E-state index is 3.61. The molecule has 0 aromatic heterocycles. The van der Waals surface area contributed by atoms with E-state index in [9.17, 15) is 0 Å². The average Bonchev–Trinajstić information content (AvgIpc) is 2.40. The number of likely N-dealkylation sites (tertiary alicyclic amines) is 1. The van der Waals surface area contributed by atoms with E-state index < -0.39 is 0 Å². The van der Waals surface area contributed by atoms with E-state index in [4.69, 9.17) is 0 Å². The van der Waals surface area contributed by atoms with Crippen LogP contribution in [0.1, 0.15) is 65.2 Å². The van der Waals surface area contributed by atoms with Crippen LogP contribution >= 0.6 is 0 Å². The summed E-state index contributed by atoms with van der Waals surface area (Å²) in [5.41, 5.74) is 0.759. The van der Waals surface area contributed by atoms with Gasteiger partial charge in [0.2, 0.25) is 0 Å². The predicted molar refractivity (Wildman–Crippen MR) is 78.9 cm³/mol. The van der Waals surface area contributed by atoms with E-state index in [-0.39, 0.29) is 0 Å². The number of hydrogen-bond acceptors (Lipinski definition) is 2. The molecule has 2 fully saturated rings. The molecule has 1 atom stereocenters. The largest absolute Gasteiger partial charge is 0.313 e. The minimum atomic E-state index is 0.658. The molecule has 2 heteroatoms. The van der Waals surface area contributed by atoms with Crippen molar-refractivity contribution in [2.45, 2.75) is 71.3 Å². The molecule has 0 aromatic rings. The third kappa shape index (κ3) is 3.96. The minimum Gasteiger partial charge on any atom is -0.313 e. The van der Waals surface area contributed by atoms with Crippen LogP contribution in [0.4, 0.5) is 0 Å². The zero-order valence-corrected chi connectivity index (χ0v) is 12.5. The fraction of sp³-hybridized carbons (Fsp3) is 1.00. The first kappa shape index (κ1) is 14.3. The summed E-state index contributed by atoms with van der Waals surface area (Å²) in [7, 11) is 0. The molecule has 1 N–H and O–H groups in total. The lowest BCUT2D eigenvalue weighted by Crippen LogP contribution is -2.46. The van der Waals surface area contributed by atoms with Crippen molar-refractivity contribution in [3.05, 3.63) is 0 Å². The van der Waals surface area contributed by atoms with Gasteiger partial charge in [-0.1, -0.05) is 26.2 Å². The van der Waals surface area contributed by atoms with Crippen LogP contribution in [-0.4, -0.2) is 37.1 Å². The maximum Gasteiger partial charge on any atom is 0.0166 e. The lowest BCUT2D eigenvalue weighted by molar-refractivity contribution is 0.0638. The second kappa shape index (κ2) is 6.91. The van der Waals surface area contributed by atoms with Crippen molar-refractivity contribution in [2.24, 2.45) is 5.41 Å². The van der Waals surface area contributed by atoms with Crippen LogP contribution in [0.2, 0.25) is 0 Å². The summed E-state index contributed by atoms with van der Waals surface area (Å²) in [6.07, 6.45) is 11.7. The highest BCUT2D eigenvalue weighted by Gasteiger charge is 2.35. The van der Waals surface area contributed by atoms with Gasteiger partial charge in [0.1, 0.15) is 0 Å². The highest BCUT2D eigenvalue weighted by atomic mass is 15.2. The fourth-order valence-electron chi connectivity index (χ4n) is 3.85. The number of piperidine rings is 1. The molecule has 2 rings (SSSR count). The van der Waals surface area contributed by atoms with E-state index in [1.807, 2.05) is 0 Å². The highest BCUT2D eigenvalue weighted by molar-refractivity contribution is 4.88. The Balaban J connectivity index is 1.69. The first-order chi connectivity index (χ1) is 8.74. The van der Waals surface area contributed by atoms with Gasteiger partial charge >= 0.3 is 0 Å². The smallest absolute Gasteiger partial charge is 0.0166 e. The molecule has 18 heavy (non-hydrogen) atoms. The van der Waals surface area contributed by atoms with E-state index in [0.29, 0.717) is 6.04 Å². The Hall–Kier alpha value is -0.0800. The molecule has 0 aromatic carbocycles. The van der Waals surface area contributed by atoms with E-state index in [1.165, 1.54) is 77.5 Å². The van der Waals surface area contributed by atoms with Gasteiger partial charge in [-0.05, 0) is 64.1 Å². The molecule has 2 nitrogen and oxygen atoms in total. The number of nitrogens with one attached hydrogen (secondary N) is 1. The molecular formula is C16H32N2. The summed E-state index contributed by atoms with van der Waals surface area (Å²) < 4.78 is 0. The first-order valence-electron chi connectivity index (χ1n) is 8.20. The molecule has 1 aliphatic heterocycles. The third-order valence-corrected chi connectivity index (χ3v) is 5.11. The maximum atomic E-state index is 3.61. The second-order valence-corrected chi connectivity index (χ2v) is 6.72. The Kier molecular flexibility index (Phi) is 5.50. The Morgan fingerprint density at radius 1 is 1.06 bits per heavy atom. The summed E-state index contributed by atoms with van der Waals surface area (Å²) in [5.74, 6) is 0. The molecule has 0 bridgehead atoms. The monoisotopic (exact) mass is 252 g/mol. The summed E-state index contributed by atoms with van der Waals surface area (Å²) in [5, 5.41) is 3.61. The molecule has 1 saturated carbocycles. The molecule has 106 valence electrons. The Morgan fingerprint density at radius 2 is 1.72 bits per heavy atom. The Labute approximate surface area is 114 Å². The minimum absolute atomic E-state index is 0.658. The summed E-state index contributed by atoms with van der Waals surface area (Å²) >= 11 is 0. The van der Waals surface area contributed by atoms with E-state index in [1.54, 1.807) is 0 Å². The van der Waals surface area contributed by atoms with Crippen LogP contribution in [0.25, 0.3) is 0 Å². The van der Waals surface area contributed by atoms with Crippen molar-refractivity contribution in [2.75, 3.05) is 26.2 Å². The van der Waals surface area contributed by atoms with Gasteiger partial charge in [0, 0.05) is 12.6 Å². The van der Waals surface area contributed by atoms with E-state index in [0.717, 1.165) is 5.41 Å². The van der Waals surface area contributed by atoms with Crippen LogP contribution in [0.15, 0.2) is 0 Å². The van der Waals surface area contributed by atoms with Gasteiger partial charge in [-0.15, -0.1) is 0 Å². The van der Waals surface area contributed by atoms with Crippen LogP contribution in [0, 0.1) is 5.41 Å². The molecule has 1 saturated heterocycles. The van der Waals surface area contributed by atoms with Gasteiger partial charge in [0.05, 0.1) is 0 Å². The summed E-state index contributed by atoms with van der Waals surface area (Å²) in [6.45, 7) is 9.68. The fourth-order valence-corrected chi connectivity index (χ4v) is 3.85. The van der Waals surface area contributed by atoms with Crippen molar-refractivity contribution in [3.63, 3.8) is 0 Å². The zero-order chi connectivity index (χ0) is 12.8. The average molecular weight is 252 g/mol. The standard InChI is InChI=1S/C16H32N2/c1-3-11-17-15(2)14-18-12-9-16(10-13-18)7-5-4-6-8-16/h15,17H,3-14H2,1-2H3. The second-order valence-electron chi connectivity index (χ2n) is 6.72. The molecule has 1 aliphatic carbocycles. The van der Waals surface area contributed by atoms with Crippen molar-refractivity contribution >= 4 is 0 Å². The van der Waals surface area contributed by atoms with Crippen molar-refractivity contribution in [1.82, 2.24) is 10.2 Å².